The van der Waals surface area contributed by atoms with Crippen LogP contribution in [0.1, 0.15) is 33.0 Å². The third kappa shape index (κ3) is 4.56. The average molecular weight is 238 g/mol. The van der Waals surface area contributed by atoms with Gasteiger partial charge in [0.2, 0.25) is 0 Å². The lowest BCUT2D eigenvalue weighted by Crippen LogP contribution is -2.20. The third-order valence-electron chi connectivity index (χ3n) is 2.31. The molecule has 0 radical (unpaired) electrons. The summed E-state index contributed by atoms with van der Waals surface area (Å²) in [5.74, 6) is 2.40. The van der Waals surface area contributed by atoms with Gasteiger partial charge in [0.25, 0.3) is 0 Å². The molecular formula is C12H22N4O. The van der Waals surface area contributed by atoms with Crippen LogP contribution in [-0.2, 0) is 6.42 Å². The molecule has 5 heteroatoms. The molecule has 1 atom stereocenters. The van der Waals surface area contributed by atoms with E-state index in [1.165, 1.54) is 0 Å². The van der Waals surface area contributed by atoms with Gasteiger partial charge in [-0.25, -0.2) is 9.97 Å². The zero-order valence-electron chi connectivity index (χ0n) is 10.8. The number of nitrogens with one attached hydrogen (secondary N) is 2. The van der Waals surface area contributed by atoms with Crippen LogP contribution < -0.4 is 10.6 Å². The summed E-state index contributed by atoms with van der Waals surface area (Å²) in [6, 6.07) is 1.87. The van der Waals surface area contributed by atoms with E-state index in [1.807, 2.05) is 19.9 Å². The van der Waals surface area contributed by atoms with Gasteiger partial charge in [-0.1, -0.05) is 13.8 Å². The summed E-state index contributed by atoms with van der Waals surface area (Å²) in [4.78, 5) is 8.77. The summed E-state index contributed by atoms with van der Waals surface area (Å²) < 4.78 is 0. The second kappa shape index (κ2) is 7.06. The topological polar surface area (TPSA) is 70.1 Å². The number of aromatic nitrogens is 2. The first kappa shape index (κ1) is 13.7. The van der Waals surface area contributed by atoms with Crippen LogP contribution in [0.15, 0.2) is 6.07 Å². The summed E-state index contributed by atoms with van der Waals surface area (Å²) in [6.07, 6.45) is 1.85. The molecule has 1 aromatic rings. The van der Waals surface area contributed by atoms with Crippen molar-refractivity contribution in [2.24, 2.45) is 0 Å². The van der Waals surface area contributed by atoms with Crippen molar-refractivity contribution in [2.45, 2.75) is 39.7 Å². The minimum Gasteiger partial charge on any atom is -0.394 e. The van der Waals surface area contributed by atoms with E-state index in [-0.39, 0.29) is 12.6 Å². The number of aliphatic hydroxyl groups excluding tert-OH is 1. The molecule has 1 aromatic heterocycles. The van der Waals surface area contributed by atoms with Gasteiger partial charge in [0.05, 0.1) is 6.61 Å². The van der Waals surface area contributed by atoms with Gasteiger partial charge in [0.1, 0.15) is 17.5 Å². The third-order valence-corrected chi connectivity index (χ3v) is 2.31. The molecule has 3 N–H and O–H groups in total. The zero-order valence-corrected chi connectivity index (χ0v) is 10.8. The Morgan fingerprint density at radius 2 is 2.00 bits per heavy atom. The van der Waals surface area contributed by atoms with Gasteiger partial charge in [-0.3, -0.25) is 0 Å². The second-order valence-corrected chi connectivity index (χ2v) is 4.06. The molecule has 5 nitrogen and oxygen atoms in total. The highest BCUT2D eigenvalue weighted by atomic mass is 16.3. The minimum atomic E-state index is -0.00590. The molecule has 0 aliphatic heterocycles. The van der Waals surface area contributed by atoms with E-state index in [4.69, 9.17) is 5.11 Å². The van der Waals surface area contributed by atoms with Gasteiger partial charge in [-0.15, -0.1) is 0 Å². The summed E-state index contributed by atoms with van der Waals surface area (Å²) in [5.41, 5.74) is 0. The SMILES string of the molecule is CCCNc1cc(NC(C)CO)nc(CC)n1. The fourth-order valence-corrected chi connectivity index (χ4v) is 1.37. The van der Waals surface area contributed by atoms with Crippen molar-refractivity contribution in [2.75, 3.05) is 23.8 Å². The van der Waals surface area contributed by atoms with Crippen LogP contribution in [0, 0.1) is 0 Å². The van der Waals surface area contributed by atoms with Crippen molar-refractivity contribution >= 4 is 11.6 Å². The van der Waals surface area contributed by atoms with E-state index < -0.39 is 0 Å². The van der Waals surface area contributed by atoms with Gasteiger partial charge < -0.3 is 15.7 Å². The fourth-order valence-electron chi connectivity index (χ4n) is 1.37. The predicted molar refractivity (Wildman–Crippen MR) is 70.4 cm³/mol. The van der Waals surface area contributed by atoms with Crippen LogP contribution in [0.4, 0.5) is 11.6 Å². The average Bonchev–Trinajstić information content (AvgIpc) is 2.35. The molecule has 0 aliphatic carbocycles. The van der Waals surface area contributed by atoms with Crippen LogP contribution >= 0.6 is 0 Å². The van der Waals surface area contributed by atoms with E-state index in [2.05, 4.69) is 27.5 Å². The predicted octanol–water partition coefficient (Wildman–Crippen LogP) is 1.65. The van der Waals surface area contributed by atoms with E-state index in [9.17, 15) is 0 Å². The summed E-state index contributed by atoms with van der Waals surface area (Å²) in [6.45, 7) is 7.03. The van der Waals surface area contributed by atoms with Crippen molar-refractivity contribution in [3.05, 3.63) is 11.9 Å². The van der Waals surface area contributed by atoms with Gasteiger partial charge >= 0.3 is 0 Å². The van der Waals surface area contributed by atoms with Gasteiger partial charge in [0.15, 0.2) is 0 Å². The second-order valence-electron chi connectivity index (χ2n) is 4.06. The first-order valence-corrected chi connectivity index (χ1v) is 6.18. The molecule has 1 heterocycles. The largest absolute Gasteiger partial charge is 0.394 e. The first-order chi connectivity index (χ1) is 8.19. The molecule has 0 saturated heterocycles. The monoisotopic (exact) mass is 238 g/mol. The normalized spacial score (nSPS) is 12.2. The summed E-state index contributed by atoms with van der Waals surface area (Å²) in [5, 5.41) is 15.4. The van der Waals surface area contributed by atoms with Crippen molar-refractivity contribution < 1.29 is 5.11 Å². The molecular weight excluding hydrogens is 216 g/mol. The lowest BCUT2D eigenvalue weighted by atomic mass is 10.3. The van der Waals surface area contributed by atoms with Crippen LogP contribution in [0.25, 0.3) is 0 Å². The van der Waals surface area contributed by atoms with Crippen molar-refractivity contribution in [1.82, 2.24) is 9.97 Å². The minimum absolute atomic E-state index is 0.00590. The standard InChI is InChI=1S/C12H22N4O/c1-4-6-13-11-7-12(14-9(3)8-17)16-10(5-2)15-11/h7,9,17H,4-6,8H2,1-3H3,(H2,13,14,15,16). The van der Waals surface area contributed by atoms with Gasteiger partial charge in [-0.05, 0) is 13.3 Å². The smallest absolute Gasteiger partial charge is 0.132 e. The molecule has 17 heavy (non-hydrogen) atoms. The number of hydrogen-bond acceptors (Lipinski definition) is 5. The molecule has 1 unspecified atom stereocenters. The first-order valence-electron chi connectivity index (χ1n) is 6.18. The molecule has 0 saturated carbocycles. The van der Waals surface area contributed by atoms with Crippen molar-refractivity contribution in [3.63, 3.8) is 0 Å². The van der Waals surface area contributed by atoms with Crippen LogP contribution in [-0.4, -0.2) is 34.3 Å². The molecule has 0 fully saturated rings. The number of rotatable bonds is 7. The quantitative estimate of drug-likeness (QED) is 0.674. The lowest BCUT2D eigenvalue weighted by molar-refractivity contribution is 0.281. The number of aryl methyl sites for hydroxylation is 1. The maximum Gasteiger partial charge on any atom is 0.132 e. The Morgan fingerprint density at radius 1 is 1.29 bits per heavy atom. The Balaban J connectivity index is 2.80. The van der Waals surface area contributed by atoms with Gasteiger partial charge in [-0.2, -0.15) is 0 Å². The molecule has 1 rings (SSSR count). The van der Waals surface area contributed by atoms with E-state index in [0.717, 1.165) is 36.8 Å². The number of nitrogens with zero attached hydrogens (tertiary/aromatic N) is 2. The van der Waals surface area contributed by atoms with Crippen LogP contribution in [0.3, 0.4) is 0 Å². The number of aliphatic hydroxyl groups is 1. The number of hydrogen-bond donors (Lipinski definition) is 3. The Bertz CT molecular complexity index is 343. The van der Waals surface area contributed by atoms with E-state index >= 15 is 0 Å². The Hall–Kier alpha value is -1.36. The molecule has 0 bridgehead atoms. The molecule has 0 spiro atoms. The lowest BCUT2D eigenvalue weighted by Gasteiger charge is -2.13. The highest BCUT2D eigenvalue weighted by Gasteiger charge is 2.05. The van der Waals surface area contributed by atoms with E-state index in [1.54, 1.807) is 0 Å². The highest BCUT2D eigenvalue weighted by molar-refractivity contribution is 5.48. The van der Waals surface area contributed by atoms with Crippen molar-refractivity contribution in [3.8, 4) is 0 Å². The fraction of sp³-hybridized carbons (Fsp3) is 0.667. The highest BCUT2D eigenvalue weighted by Crippen LogP contribution is 2.12. The molecule has 0 aliphatic rings. The van der Waals surface area contributed by atoms with Crippen LogP contribution in [0.5, 0.6) is 0 Å². The van der Waals surface area contributed by atoms with E-state index in [0.29, 0.717) is 0 Å². The maximum atomic E-state index is 9.01. The van der Waals surface area contributed by atoms with Crippen molar-refractivity contribution in [1.29, 1.82) is 0 Å². The Kier molecular flexibility index (Phi) is 5.69. The Morgan fingerprint density at radius 3 is 2.59 bits per heavy atom. The van der Waals surface area contributed by atoms with Gasteiger partial charge in [0, 0.05) is 25.1 Å². The summed E-state index contributed by atoms with van der Waals surface area (Å²) >= 11 is 0. The number of anilines is 2. The Labute approximate surface area is 103 Å². The zero-order chi connectivity index (χ0) is 12.7. The van der Waals surface area contributed by atoms with Crippen LogP contribution in [0.2, 0.25) is 0 Å². The molecule has 0 amide bonds. The molecule has 0 aromatic carbocycles. The molecule has 96 valence electrons. The summed E-state index contributed by atoms with van der Waals surface area (Å²) in [7, 11) is 0. The maximum absolute atomic E-state index is 9.01.